The lowest BCUT2D eigenvalue weighted by molar-refractivity contribution is 0.0506. The summed E-state index contributed by atoms with van der Waals surface area (Å²) in [5.74, 6) is 10.5. The van der Waals surface area contributed by atoms with Crippen LogP contribution in [0.2, 0.25) is 0 Å². The summed E-state index contributed by atoms with van der Waals surface area (Å²) in [5, 5.41) is 1.73. The van der Waals surface area contributed by atoms with Crippen molar-refractivity contribution in [3.8, 4) is 0 Å². The number of hydrogen-bond donors (Lipinski definition) is 4. The van der Waals surface area contributed by atoms with E-state index in [0.29, 0.717) is 72.0 Å². The minimum absolute atomic E-state index is 0.00255. The number of nitrogens with one attached hydrogen (secondary N) is 3. The van der Waals surface area contributed by atoms with Crippen LogP contribution < -0.4 is 5.73 Å². The van der Waals surface area contributed by atoms with Gasteiger partial charge < -0.3 is 30.2 Å². The number of aromatic nitrogens is 3. The Bertz CT molecular complexity index is 3310. The minimum atomic E-state index is -3.78. The first-order valence-electron chi connectivity index (χ1n) is 28.4. The second-order valence-corrected chi connectivity index (χ2v) is 27.6. The standard InChI is InChI=1S/C16H20N2O4S2.C15H18N2O4S2.C14H17N3O3S2.6C2H6.CH2Cl2/c1-3-22-16(19)14-15(12-6-4-5-7-13(12)17-14)24(20,21)18-8-10-23(2)11-9-18;1-2-21-15(18)13-14(11-5-3-4-6-12(11)16-13)23(19,20)17-7-9-22-10-8-17;1-21-8-6-17(7-9-21)22(19,20)13-10-4-2-3-5-11(10)16-12(13)14(15)18;6*1-2;2-1-3/h4-7,17H,2-3,8-11H2,1H3;3-6,16H,2,7-10H2,1H3;2-5,16H,1,6-9H2,(H2,15,18);6*1-2H3;1H2. The van der Waals surface area contributed by atoms with Crippen LogP contribution in [0.1, 0.15) is 128 Å². The van der Waals surface area contributed by atoms with Crippen LogP contribution in [0.15, 0.2) is 87.5 Å². The lowest BCUT2D eigenvalue weighted by Gasteiger charge is -2.27. The second-order valence-electron chi connectivity index (χ2n) is 15.9. The third-order valence-corrected chi connectivity index (χ3v) is 21.4. The van der Waals surface area contributed by atoms with Crippen molar-refractivity contribution in [1.29, 1.82) is 0 Å². The van der Waals surface area contributed by atoms with Gasteiger partial charge in [0.1, 0.15) is 31.8 Å². The summed E-state index contributed by atoms with van der Waals surface area (Å²) >= 11 is 11.3. The number of primary amides is 1. The van der Waals surface area contributed by atoms with Crippen molar-refractivity contribution in [2.45, 2.75) is 112 Å². The van der Waals surface area contributed by atoms with Crippen LogP contribution in [-0.4, -0.2) is 175 Å². The van der Waals surface area contributed by atoms with Crippen LogP contribution in [0.4, 0.5) is 0 Å². The molecule has 26 heteroatoms. The van der Waals surface area contributed by atoms with Crippen molar-refractivity contribution >= 4 is 148 Å². The summed E-state index contributed by atoms with van der Waals surface area (Å²) in [6.07, 6.45) is 0. The molecule has 3 saturated heterocycles. The lowest BCUT2D eigenvalue weighted by Crippen LogP contribution is -2.39. The number of halogens is 2. The van der Waals surface area contributed by atoms with Gasteiger partial charge in [-0.2, -0.15) is 45.6 Å². The average molecular weight is 1330 g/mol. The molecule has 0 saturated carbocycles. The molecule has 0 aliphatic carbocycles. The quantitative estimate of drug-likeness (QED) is 0.0537. The third kappa shape index (κ3) is 21.3. The number of H-pyrrole nitrogens is 3. The average Bonchev–Trinajstić information content (AvgIpc) is 4.08. The van der Waals surface area contributed by atoms with Crippen LogP contribution in [0.3, 0.4) is 0 Å². The maximum Gasteiger partial charge on any atom is 0.356 e. The summed E-state index contributed by atoms with van der Waals surface area (Å²) in [6.45, 7) is 30.4. The van der Waals surface area contributed by atoms with Crippen LogP contribution in [-0.2, 0) is 39.5 Å². The zero-order valence-electron chi connectivity index (χ0n) is 51.6. The number of nitrogens with two attached hydrogens (primary N) is 1. The Kier molecular flexibility index (Phi) is 39.7. The van der Waals surface area contributed by atoms with Gasteiger partial charge in [0.05, 0.1) is 18.6 Å². The SMILES string of the molecule is C=S1CCN(S(=O)(=O)c2c(C(=O)OCC)[nH]c3ccccc23)CC1.C=S1CCN(S(=O)(=O)c2c(C(N)=O)[nH]c3ccccc23)CC1.CC.CC.CC.CC.CC.CC.CCOC(=O)c1[nH]c2ccccc2c1S(=O)(=O)N1CCSCC1.ClCCl. The van der Waals surface area contributed by atoms with E-state index in [2.05, 4.69) is 26.7 Å². The Hall–Kier alpha value is -4.21. The van der Waals surface area contributed by atoms with Gasteiger partial charge in [0.25, 0.3) is 5.91 Å². The second kappa shape index (κ2) is 41.8. The number of benzene rings is 3. The van der Waals surface area contributed by atoms with Crippen molar-refractivity contribution in [3.63, 3.8) is 0 Å². The Morgan fingerprint density at radius 2 is 0.750 bits per heavy atom. The van der Waals surface area contributed by atoms with E-state index in [0.717, 1.165) is 34.5 Å². The predicted molar refractivity (Wildman–Crippen MR) is 362 cm³/mol. The number of aromatic amines is 3. The molecule has 9 rings (SSSR count). The molecule has 5 N–H and O–H groups in total. The maximum absolute atomic E-state index is 13.2. The highest BCUT2D eigenvalue weighted by molar-refractivity contribution is 8.14. The number of thioether (sulfide) groups is 1. The topological polar surface area (TPSA) is 255 Å². The van der Waals surface area contributed by atoms with Gasteiger partial charge in [-0.3, -0.25) is 4.79 Å². The monoisotopic (exact) mass is 1330 g/mol. The minimum Gasteiger partial charge on any atom is -0.461 e. The number of para-hydroxylation sites is 3. The Morgan fingerprint density at radius 3 is 1.02 bits per heavy atom. The van der Waals surface area contributed by atoms with Gasteiger partial charge in [0.15, 0.2) is 0 Å². The number of esters is 2. The summed E-state index contributed by atoms with van der Waals surface area (Å²) < 4.78 is 92.8. The van der Waals surface area contributed by atoms with Crippen molar-refractivity contribution in [2.24, 2.45) is 5.73 Å². The van der Waals surface area contributed by atoms with E-state index in [1.165, 1.54) is 12.9 Å². The highest BCUT2D eigenvalue weighted by atomic mass is 35.5. The van der Waals surface area contributed by atoms with Crippen molar-refractivity contribution in [1.82, 2.24) is 27.9 Å². The third-order valence-electron chi connectivity index (χ3n) is 11.5. The van der Waals surface area contributed by atoms with Gasteiger partial charge in [0.2, 0.25) is 30.1 Å². The highest BCUT2D eigenvalue weighted by Gasteiger charge is 2.37. The van der Waals surface area contributed by atoms with E-state index in [4.69, 9.17) is 38.4 Å². The zero-order valence-corrected chi connectivity index (χ0v) is 58.0. The molecule has 0 atom stereocenters. The number of ether oxygens (including phenoxy) is 2. The van der Waals surface area contributed by atoms with E-state index >= 15 is 0 Å². The number of carbonyl (C=O) groups is 3. The first-order chi connectivity index (χ1) is 40.3. The molecule has 3 aliphatic rings. The Labute approximate surface area is 521 Å². The van der Waals surface area contributed by atoms with E-state index in [-0.39, 0.29) is 71.3 Å². The largest absolute Gasteiger partial charge is 0.461 e. The van der Waals surface area contributed by atoms with Gasteiger partial charge >= 0.3 is 11.9 Å². The molecule has 3 aromatic heterocycles. The molecule has 0 radical (unpaired) electrons. The fourth-order valence-corrected chi connectivity index (χ4v) is 17.3. The Balaban J connectivity index is 0.00000110. The number of amides is 1. The molecule has 6 heterocycles. The number of carbonyl (C=O) groups excluding carboxylic acids is 3. The van der Waals surface area contributed by atoms with E-state index in [1.54, 1.807) is 98.4 Å². The van der Waals surface area contributed by atoms with Crippen LogP contribution in [0, 0.1) is 0 Å². The predicted octanol–water partition coefficient (Wildman–Crippen LogP) is 12.7. The van der Waals surface area contributed by atoms with Crippen LogP contribution >= 0.6 is 55.9 Å². The number of sulfonamides is 3. The highest BCUT2D eigenvalue weighted by Crippen LogP contribution is 2.34. The number of nitrogens with zero attached hydrogens (tertiary/aromatic N) is 3. The van der Waals surface area contributed by atoms with E-state index in [9.17, 15) is 39.6 Å². The molecule has 0 spiro atoms. The first-order valence-corrected chi connectivity index (χ1v) is 38.4. The van der Waals surface area contributed by atoms with Crippen molar-refractivity contribution in [2.75, 3.05) is 92.3 Å². The molecule has 1 amide bonds. The molecule has 84 heavy (non-hydrogen) atoms. The van der Waals surface area contributed by atoms with Crippen molar-refractivity contribution < 1.29 is 49.1 Å². The zero-order chi connectivity index (χ0) is 64.4. The molecular formula is C58H93Cl2N7O11S6. The number of rotatable bonds is 11. The van der Waals surface area contributed by atoms with Gasteiger partial charge in [-0.25, -0.2) is 34.8 Å². The fourth-order valence-electron chi connectivity index (χ4n) is 8.03. The summed E-state index contributed by atoms with van der Waals surface area (Å²) in [6, 6.07) is 20.9. The molecule has 0 bridgehead atoms. The van der Waals surface area contributed by atoms with Crippen molar-refractivity contribution in [3.05, 3.63) is 89.9 Å². The number of hydrogen-bond acceptors (Lipinski definition) is 12. The molecule has 18 nitrogen and oxygen atoms in total. The molecule has 3 aliphatic heterocycles. The Morgan fingerprint density at radius 1 is 0.500 bits per heavy atom. The summed E-state index contributed by atoms with van der Waals surface area (Å²) in [7, 11) is -11.3. The molecule has 0 unspecified atom stereocenters. The van der Waals surface area contributed by atoms with Gasteiger partial charge in [-0.05, 0) is 32.0 Å². The number of fused-ring (bicyclic) bond motifs is 3. The molecule has 6 aromatic rings. The molecular weight excluding hydrogens is 1230 g/mol. The normalized spacial score (nSPS) is 14.8. The summed E-state index contributed by atoms with van der Waals surface area (Å²) in [5.41, 5.74) is 7.12. The maximum atomic E-state index is 13.2. The smallest absolute Gasteiger partial charge is 0.356 e. The lowest BCUT2D eigenvalue weighted by atomic mass is 10.2. The molecule has 3 fully saturated rings. The van der Waals surface area contributed by atoms with E-state index in [1.807, 2.05) is 83.1 Å². The number of alkyl halides is 2. The molecule has 3 aromatic carbocycles. The van der Waals surface area contributed by atoms with Crippen LogP contribution in [0.25, 0.3) is 32.7 Å². The van der Waals surface area contributed by atoms with Gasteiger partial charge in [-0.1, -0.05) is 149 Å². The first kappa shape index (κ1) is 79.8. The fraction of sp³-hybridized carbons (Fsp3) is 0.500. The molecule has 476 valence electrons. The van der Waals surface area contributed by atoms with Gasteiger partial charge in [-0.15, -0.1) is 23.2 Å². The van der Waals surface area contributed by atoms with Crippen LogP contribution in [0.5, 0.6) is 0 Å². The summed E-state index contributed by atoms with van der Waals surface area (Å²) in [4.78, 5) is 44.8. The van der Waals surface area contributed by atoms with E-state index < -0.39 is 47.9 Å². The van der Waals surface area contributed by atoms with Gasteiger partial charge in [0, 0.05) is 106 Å².